The summed E-state index contributed by atoms with van der Waals surface area (Å²) in [7, 11) is -3.40. The lowest BCUT2D eigenvalue weighted by Crippen LogP contribution is -2.52. The van der Waals surface area contributed by atoms with Gasteiger partial charge in [0, 0.05) is 26.2 Å². The van der Waals surface area contributed by atoms with Crippen LogP contribution in [0.4, 0.5) is 10.6 Å². The van der Waals surface area contributed by atoms with Gasteiger partial charge in [-0.2, -0.15) is 4.31 Å². The number of nitrogens with zero attached hydrogens (tertiary/aromatic N) is 5. The number of anilines is 1. The average Bonchev–Trinajstić information content (AvgIpc) is 3.49. The maximum Gasteiger partial charge on any atom is 0.410 e. The highest BCUT2D eigenvalue weighted by Gasteiger charge is 2.43. The first-order valence-corrected chi connectivity index (χ1v) is 12.7. The van der Waals surface area contributed by atoms with Crippen molar-refractivity contribution in [3.8, 4) is 5.88 Å². The lowest BCUT2D eigenvalue weighted by atomic mass is 9.98. The van der Waals surface area contributed by atoms with Gasteiger partial charge in [-0.3, -0.25) is 9.69 Å². The molecule has 0 spiro atoms. The summed E-state index contributed by atoms with van der Waals surface area (Å²) < 4.78 is 35.7. The molecule has 12 heteroatoms. The highest BCUT2D eigenvalue weighted by atomic mass is 32.2. The second-order valence-corrected chi connectivity index (χ2v) is 10.9. The van der Waals surface area contributed by atoms with Gasteiger partial charge < -0.3 is 14.4 Å². The smallest absolute Gasteiger partial charge is 0.410 e. The van der Waals surface area contributed by atoms with E-state index < -0.39 is 10.0 Å². The van der Waals surface area contributed by atoms with Crippen LogP contribution in [0, 0.1) is 5.92 Å². The van der Waals surface area contributed by atoms with Crippen LogP contribution >= 0.6 is 0 Å². The SMILES string of the molecule is CC1(OC(=O)N2CCC(COc3cnc(N4CCN(S(C)(=O)=O)CC4=O)cn3)CC2)CC1. The standard InChI is InChI=1S/C20H29N5O6S/c1-20(5-6-20)31-19(27)23-7-3-15(4-8-23)14-30-17-12-21-16(11-22-17)25-10-9-24(13-18(25)26)32(2,28)29/h11-12,15H,3-10,13-14H2,1-2H3. The molecule has 11 nitrogen and oxygen atoms in total. The Hall–Kier alpha value is -2.47. The zero-order valence-corrected chi connectivity index (χ0v) is 19.2. The molecule has 1 saturated carbocycles. The molecule has 0 aromatic carbocycles. The fraction of sp³-hybridized carbons (Fsp3) is 0.700. The van der Waals surface area contributed by atoms with Crippen molar-refractivity contribution in [1.82, 2.24) is 19.2 Å². The predicted octanol–water partition coefficient (Wildman–Crippen LogP) is 0.865. The van der Waals surface area contributed by atoms with Crippen LogP contribution < -0.4 is 9.64 Å². The summed E-state index contributed by atoms with van der Waals surface area (Å²) >= 11 is 0. The summed E-state index contributed by atoms with van der Waals surface area (Å²) in [6.07, 6.45) is 7.33. The molecule has 2 aliphatic heterocycles. The first kappa shape index (κ1) is 22.7. The average molecular weight is 468 g/mol. The molecule has 1 aliphatic carbocycles. The predicted molar refractivity (Wildman–Crippen MR) is 115 cm³/mol. The van der Waals surface area contributed by atoms with E-state index >= 15 is 0 Å². The molecule has 0 bridgehead atoms. The van der Waals surface area contributed by atoms with Crippen LogP contribution in [-0.2, 0) is 19.6 Å². The number of sulfonamides is 1. The van der Waals surface area contributed by atoms with E-state index in [4.69, 9.17) is 9.47 Å². The van der Waals surface area contributed by atoms with Crippen molar-refractivity contribution >= 4 is 27.8 Å². The summed E-state index contributed by atoms with van der Waals surface area (Å²) in [6.45, 7) is 3.97. The molecule has 1 aromatic rings. The molecule has 0 atom stereocenters. The van der Waals surface area contributed by atoms with Crippen molar-refractivity contribution in [3.63, 3.8) is 0 Å². The quantitative estimate of drug-likeness (QED) is 0.604. The normalized spacial score (nSPS) is 22.0. The molecule has 0 N–H and O–H groups in total. The van der Waals surface area contributed by atoms with E-state index in [0.717, 1.165) is 36.2 Å². The molecule has 3 heterocycles. The number of carbonyl (C=O) groups is 2. The zero-order chi connectivity index (χ0) is 22.9. The van der Waals surface area contributed by atoms with Crippen molar-refractivity contribution in [2.75, 3.05) is 50.5 Å². The van der Waals surface area contributed by atoms with Gasteiger partial charge in [0.05, 0.1) is 31.8 Å². The monoisotopic (exact) mass is 467 g/mol. The molecular weight excluding hydrogens is 438 g/mol. The van der Waals surface area contributed by atoms with E-state index in [1.165, 1.54) is 17.3 Å². The van der Waals surface area contributed by atoms with Gasteiger partial charge in [0.25, 0.3) is 0 Å². The van der Waals surface area contributed by atoms with Gasteiger partial charge in [0.1, 0.15) is 5.60 Å². The maximum atomic E-state index is 12.3. The van der Waals surface area contributed by atoms with Crippen LogP contribution in [0.15, 0.2) is 12.4 Å². The Morgan fingerprint density at radius 2 is 1.88 bits per heavy atom. The highest BCUT2D eigenvalue weighted by Crippen LogP contribution is 2.39. The van der Waals surface area contributed by atoms with Crippen molar-refractivity contribution in [2.24, 2.45) is 5.92 Å². The summed E-state index contributed by atoms with van der Waals surface area (Å²) in [4.78, 5) is 36.2. The number of ether oxygens (including phenoxy) is 2. The molecule has 2 saturated heterocycles. The summed E-state index contributed by atoms with van der Waals surface area (Å²) in [5.41, 5.74) is -0.256. The lowest BCUT2D eigenvalue weighted by Gasteiger charge is -2.32. The third kappa shape index (κ3) is 5.47. The Labute approximate surface area is 187 Å². The minimum absolute atomic E-state index is 0.204. The lowest BCUT2D eigenvalue weighted by molar-refractivity contribution is -0.120. The Bertz CT molecular complexity index is 957. The van der Waals surface area contributed by atoms with E-state index in [0.29, 0.717) is 37.3 Å². The van der Waals surface area contributed by atoms with Gasteiger partial charge in [-0.1, -0.05) is 0 Å². The molecule has 176 valence electrons. The second kappa shape index (κ2) is 8.81. The van der Waals surface area contributed by atoms with Gasteiger partial charge in [0.15, 0.2) is 5.82 Å². The first-order chi connectivity index (χ1) is 15.1. The number of hydrogen-bond donors (Lipinski definition) is 0. The Morgan fingerprint density at radius 3 is 2.44 bits per heavy atom. The van der Waals surface area contributed by atoms with Crippen LogP contribution in [-0.4, -0.2) is 90.8 Å². The number of carbonyl (C=O) groups excluding carboxylic acids is 2. The number of piperazine rings is 1. The Morgan fingerprint density at radius 1 is 1.16 bits per heavy atom. The molecule has 0 unspecified atom stereocenters. The van der Waals surface area contributed by atoms with Crippen molar-refractivity contribution in [2.45, 2.75) is 38.2 Å². The third-order valence-electron chi connectivity index (χ3n) is 6.17. The molecule has 4 rings (SSSR count). The van der Waals surface area contributed by atoms with E-state index in [2.05, 4.69) is 9.97 Å². The maximum absolute atomic E-state index is 12.3. The highest BCUT2D eigenvalue weighted by molar-refractivity contribution is 7.88. The fourth-order valence-corrected chi connectivity index (χ4v) is 4.50. The topological polar surface area (TPSA) is 122 Å². The molecule has 2 amide bonds. The van der Waals surface area contributed by atoms with Crippen LogP contribution in [0.1, 0.15) is 32.6 Å². The van der Waals surface area contributed by atoms with Gasteiger partial charge in [-0.15, -0.1) is 0 Å². The molecule has 3 aliphatic rings. The van der Waals surface area contributed by atoms with E-state index in [-0.39, 0.29) is 37.2 Å². The van der Waals surface area contributed by atoms with Gasteiger partial charge in [-0.05, 0) is 38.5 Å². The molecule has 0 radical (unpaired) electrons. The molecule has 3 fully saturated rings. The summed E-state index contributed by atoms with van der Waals surface area (Å²) in [6, 6.07) is 0. The molecule has 1 aromatic heterocycles. The van der Waals surface area contributed by atoms with Crippen molar-refractivity contribution in [3.05, 3.63) is 12.4 Å². The van der Waals surface area contributed by atoms with Gasteiger partial charge in [0.2, 0.25) is 21.8 Å². The van der Waals surface area contributed by atoms with E-state index in [1.54, 1.807) is 4.90 Å². The first-order valence-electron chi connectivity index (χ1n) is 10.8. The number of rotatable bonds is 6. The number of hydrogen-bond acceptors (Lipinski definition) is 8. The number of amides is 2. The van der Waals surface area contributed by atoms with E-state index in [9.17, 15) is 18.0 Å². The largest absolute Gasteiger partial charge is 0.476 e. The molecule has 32 heavy (non-hydrogen) atoms. The Balaban J connectivity index is 1.22. The Kier molecular flexibility index (Phi) is 6.26. The number of aromatic nitrogens is 2. The van der Waals surface area contributed by atoms with Crippen LogP contribution in [0.5, 0.6) is 5.88 Å². The van der Waals surface area contributed by atoms with Crippen molar-refractivity contribution in [1.29, 1.82) is 0 Å². The van der Waals surface area contributed by atoms with Crippen LogP contribution in [0.25, 0.3) is 0 Å². The fourth-order valence-electron chi connectivity index (χ4n) is 3.74. The molecular formula is C20H29N5O6S. The second-order valence-electron chi connectivity index (χ2n) is 8.91. The van der Waals surface area contributed by atoms with Gasteiger partial charge >= 0.3 is 6.09 Å². The number of likely N-dealkylation sites (tertiary alicyclic amines) is 1. The summed E-state index contributed by atoms with van der Waals surface area (Å²) in [5.74, 6) is 0.694. The van der Waals surface area contributed by atoms with Crippen LogP contribution in [0.2, 0.25) is 0 Å². The third-order valence-corrected chi connectivity index (χ3v) is 7.42. The minimum atomic E-state index is -3.40. The minimum Gasteiger partial charge on any atom is -0.476 e. The van der Waals surface area contributed by atoms with Crippen LogP contribution in [0.3, 0.4) is 0 Å². The zero-order valence-electron chi connectivity index (χ0n) is 18.4. The van der Waals surface area contributed by atoms with E-state index in [1.807, 2.05) is 6.92 Å². The van der Waals surface area contributed by atoms with Gasteiger partial charge in [-0.25, -0.2) is 23.2 Å². The summed E-state index contributed by atoms with van der Waals surface area (Å²) in [5, 5.41) is 0. The van der Waals surface area contributed by atoms with Crippen molar-refractivity contribution < 1.29 is 27.5 Å². The number of piperidine rings is 1.